The highest BCUT2D eigenvalue weighted by Gasteiger charge is 2.75. The van der Waals surface area contributed by atoms with Crippen molar-refractivity contribution in [2.75, 3.05) is 20.1 Å². The van der Waals surface area contributed by atoms with Crippen molar-refractivity contribution in [3.8, 4) is 23.3 Å². The standard InChI is InChI=1S/C33H38N2O4/c1-6-15-35-16-14-32-29-23-11-12-26(36)30(29)39-31(32)25(19-24(7-2)33(32,38)27(35)18-23)34(5)28(37)13-10-22-9-8-20(3)21(4)17-22/h6,8-9,11-12,17,24-25,27,31,36,38H,1,7,14-16,18-19H2,2-5H3/t24-,25-,27+,31-,32-,33+/m0/s1. The highest BCUT2D eigenvalue weighted by molar-refractivity contribution is 5.94. The van der Waals surface area contributed by atoms with Crippen LogP contribution in [0.2, 0.25) is 0 Å². The lowest BCUT2D eigenvalue weighted by Gasteiger charge is -2.67. The maximum absolute atomic E-state index is 13.5. The highest BCUT2D eigenvalue weighted by Crippen LogP contribution is 2.67. The van der Waals surface area contributed by atoms with Crippen molar-refractivity contribution in [2.24, 2.45) is 5.92 Å². The Morgan fingerprint density at radius 2 is 2.08 bits per heavy atom. The Labute approximate surface area is 231 Å². The number of likely N-dealkylation sites (tertiary alicyclic amines) is 1. The molecule has 6 atom stereocenters. The van der Waals surface area contributed by atoms with Gasteiger partial charge in [-0.2, -0.15) is 0 Å². The molecule has 1 saturated heterocycles. The minimum Gasteiger partial charge on any atom is -0.504 e. The van der Waals surface area contributed by atoms with Gasteiger partial charge in [0.05, 0.1) is 17.1 Å². The quantitative estimate of drug-likeness (QED) is 0.468. The van der Waals surface area contributed by atoms with Crippen LogP contribution in [0, 0.1) is 31.6 Å². The predicted octanol–water partition coefficient (Wildman–Crippen LogP) is 3.86. The Bertz CT molecular complexity index is 1420. The van der Waals surface area contributed by atoms with Crippen LogP contribution in [-0.4, -0.2) is 69.8 Å². The van der Waals surface area contributed by atoms with E-state index in [9.17, 15) is 15.0 Å². The lowest BCUT2D eigenvalue weighted by molar-refractivity contribution is -0.226. The molecule has 1 amide bonds. The van der Waals surface area contributed by atoms with E-state index in [1.165, 1.54) is 5.56 Å². The average Bonchev–Trinajstić information content (AvgIpc) is 3.27. The van der Waals surface area contributed by atoms with Crippen LogP contribution in [0.25, 0.3) is 0 Å². The zero-order valence-corrected chi connectivity index (χ0v) is 23.3. The van der Waals surface area contributed by atoms with Crippen LogP contribution in [0.1, 0.15) is 54.0 Å². The van der Waals surface area contributed by atoms with Crippen LogP contribution in [0.3, 0.4) is 0 Å². The zero-order chi connectivity index (χ0) is 27.7. The predicted molar refractivity (Wildman–Crippen MR) is 151 cm³/mol. The SMILES string of the molecule is C=CCN1CC[C@]23c4c5ccc(O)c4O[C@H]2[C@@H](N(C)C(=O)C#Cc2ccc(C)c(C)c2)C[C@H](CC)[C@@]3(O)[C@H]1C5. The zero-order valence-electron chi connectivity index (χ0n) is 23.3. The van der Waals surface area contributed by atoms with Crippen molar-refractivity contribution in [3.63, 3.8) is 0 Å². The summed E-state index contributed by atoms with van der Waals surface area (Å²) in [5.41, 5.74) is 3.45. The molecule has 2 aromatic carbocycles. The van der Waals surface area contributed by atoms with E-state index in [1.807, 2.05) is 37.3 Å². The van der Waals surface area contributed by atoms with Gasteiger partial charge >= 0.3 is 0 Å². The van der Waals surface area contributed by atoms with Gasteiger partial charge in [-0.05, 0) is 80.5 Å². The van der Waals surface area contributed by atoms with Gasteiger partial charge in [0.15, 0.2) is 11.5 Å². The van der Waals surface area contributed by atoms with Crippen molar-refractivity contribution in [3.05, 3.63) is 70.8 Å². The molecule has 2 aliphatic heterocycles. The first-order chi connectivity index (χ1) is 18.7. The van der Waals surface area contributed by atoms with E-state index in [-0.39, 0.29) is 29.7 Å². The fourth-order valence-corrected chi connectivity index (χ4v) is 8.25. The Kier molecular flexibility index (Phi) is 6.09. The van der Waals surface area contributed by atoms with E-state index in [0.717, 1.165) is 35.2 Å². The summed E-state index contributed by atoms with van der Waals surface area (Å²) in [6.07, 6.45) is 4.20. The third-order valence-corrected chi connectivity index (χ3v) is 10.3. The van der Waals surface area contributed by atoms with Gasteiger partial charge in [-0.3, -0.25) is 9.69 Å². The molecule has 1 saturated carbocycles. The smallest absolute Gasteiger partial charge is 0.298 e. The van der Waals surface area contributed by atoms with E-state index in [1.54, 1.807) is 18.0 Å². The Hall–Kier alpha value is -3.27. The molecule has 0 aromatic heterocycles. The molecule has 2 aromatic rings. The van der Waals surface area contributed by atoms with Gasteiger partial charge < -0.3 is 19.8 Å². The first kappa shape index (κ1) is 26.0. The number of nitrogens with zero attached hydrogens (tertiary/aromatic N) is 2. The molecule has 2 N–H and O–H groups in total. The van der Waals surface area contributed by atoms with Gasteiger partial charge in [0.25, 0.3) is 5.91 Å². The number of aryl methyl sites for hydroxylation is 2. The number of piperidine rings is 1. The van der Waals surface area contributed by atoms with E-state index in [4.69, 9.17) is 4.74 Å². The van der Waals surface area contributed by atoms with E-state index < -0.39 is 17.1 Å². The van der Waals surface area contributed by atoms with Crippen molar-refractivity contribution >= 4 is 5.91 Å². The highest BCUT2D eigenvalue weighted by atomic mass is 16.5. The number of likely N-dealkylation sites (N-methyl/N-ethyl adjacent to an activating group) is 1. The number of hydrogen-bond donors (Lipinski definition) is 2. The molecule has 204 valence electrons. The number of benzene rings is 2. The third kappa shape index (κ3) is 3.46. The summed E-state index contributed by atoms with van der Waals surface area (Å²) in [5, 5.41) is 23.8. The average molecular weight is 527 g/mol. The number of hydrogen-bond acceptors (Lipinski definition) is 5. The van der Waals surface area contributed by atoms with Crippen LogP contribution in [0.5, 0.6) is 11.5 Å². The number of phenolic OH excluding ortho intramolecular Hbond substituents is 1. The summed E-state index contributed by atoms with van der Waals surface area (Å²) < 4.78 is 6.65. The largest absolute Gasteiger partial charge is 0.504 e. The lowest BCUT2D eigenvalue weighted by Crippen LogP contribution is -2.80. The van der Waals surface area contributed by atoms with Crippen molar-refractivity contribution in [1.82, 2.24) is 9.80 Å². The van der Waals surface area contributed by atoms with Crippen LogP contribution < -0.4 is 4.74 Å². The van der Waals surface area contributed by atoms with Gasteiger partial charge in [-0.15, -0.1) is 6.58 Å². The summed E-state index contributed by atoms with van der Waals surface area (Å²) in [4.78, 5) is 17.6. The van der Waals surface area contributed by atoms with Gasteiger partial charge in [-0.1, -0.05) is 37.5 Å². The fourth-order valence-electron chi connectivity index (χ4n) is 8.25. The maximum atomic E-state index is 13.5. The molecule has 0 unspecified atom stereocenters. The Balaban J connectivity index is 1.43. The maximum Gasteiger partial charge on any atom is 0.298 e. The Morgan fingerprint density at radius 3 is 2.79 bits per heavy atom. The molecule has 1 spiro atoms. The number of phenols is 1. The van der Waals surface area contributed by atoms with Crippen molar-refractivity contribution in [2.45, 2.75) is 75.7 Å². The number of aromatic hydroxyl groups is 1. The van der Waals surface area contributed by atoms with Crippen LogP contribution in [-0.2, 0) is 16.6 Å². The molecular formula is C33H38N2O4. The summed E-state index contributed by atoms with van der Waals surface area (Å²) in [6.45, 7) is 11.7. The Morgan fingerprint density at radius 1 is 1.28 bits per heavy atom. The molecule has 39 heavy (non-hydrogen) atoms. The topological polar surface area (TPSA) is 73.2 Å². The van der Waals surface area contributed by atoms with Gasteiger partial charge in [-0.25, -0.2) is 0 Å². The first-order valence-electron chi connectivity index (χ1n) is 14.1. The molecular weight excluding hydrogens is 488 g/mol. The molecule has 6 heteroatoms. The molecule has 6 rings (SSSR count). The second-order valence-electron chi connectivity index (χ2n) is 11.9. The van der Waals surface area contributed by atoms with Crippen LogP contribution >= 0.6 is 0 Å². The molecule has 0 radical (unpaired) electrons. The normalized spacial score (nSPS) is 31.9. The minimum atomic E-state index is -1.05. The van der Waals surface area contributed by atoms with Crippen molar-refractivity contribution < 1.29 is 19.7 Å². The summed E-state index contributed by atoms with van der Waals surface area (Å²) in [6, 6.07) is 9.28. The van der Waals surface area contributed by atoms with Crippen molar-refractivity contribution in [1.29, 1.82) is 0 Å². The summed E-state index contributed by atoms with van der Waals surface area (Å²) >= 11 is 0. The molecule has 2 aliphatic carbocycles. The summed E-state index contributed by atoms with van der Waals surface area (Å²) in [5.74, 6) is 6.18. The van der Waals surface area contributed by atoms with Gasteiger partial charge in [0, 0.05) is 36.7 Å². The number of amides is 1. The second-order valence-corrected chi connectivity index (χ2v) is 11.9. The minimum absolute atomic E-state index is 0.0515. The monoisotopic (exact) mass is 526 g/mol. The number of aliphatic hydroxyl groups is 1. The number of carbonyl (C=O) groups excluding carboxylic acids is 1. The van der Waals surface area contributed by atoms with Crippen LogP contribution in [0.15, 0.2) is 43.0 Å². The molecule has 2 heterocycles. The third-order valence-electron chi connectivity index (χ3n) is 10.3. The second kappa shape index (κ2) is 9.15. The van der Waals surface area contributed by atoms with Gasteiger partial charge in [0.1, 0.15) is 6.10 Å². The van der Waals surface area contributed by atoms with Crippen LogP contribution in [0.4, 0.5) is 0 Å². The molecule has 2 fully saturated rings. The van der Waals surface area contributed by atoms with E-state index in [2.05, 4.69) is 37.2 Å². The number of rotatable bonds is 4. The fraction of sp³-hybridized carbons (Fsp3) is 0.485. The molecule has 2 bridgehead atoms. The van der Waals surface area contributed by atoms with Gasteiger partial charge in [0.2, 0.25) is 0 Å². The van der Waals surface area contributed by atoms with E-state index in [0.29, 0.717) is 31.6 Å². The van der Waals surface area contributed by atoms with E-state index >= 15 is 0 Å². The molecule has 6 nitrogen and oxygen atoms in total. The first-order valence-corrected chi connectivity index (χ1v) is 14.1. The number of ether oxygens (including phenoxy) is 1. The molecule has 4 aliphatic rings. The number of carbonyl (C=O) groups is 1. The lowest BCUT2D eigenvalue weighted by atomic mass is 9.45. The summed E-state index contributed by atoms with van der Waals surface area (Å²) in [7, 11) is 1.80.